The largest absolute Gasteiger partial charge is 0.459 e. The molecule has 0 aliphatic carbocycles. The Kier molecular flexibility index (Phi) is 2.50. The zero-order valence-electron chi connectivity index (χ0n) is 8.38. The van der Waals surface area contributed by atoms with Crippen LogP contribution in [0.3, 0.4) is 0 Å². The summed E-state index contributed by atoms with van der Waals surface area (Å²) in [5, 5.41) is 18.6. The van der Waals surface area contributed by atoms with Crippen molar-refractivity contribution in [2.45, 2.75) is 19.1 Å². The fourth-order valence-corrected chi connectivity index (χ4v) is 1.67. The molecule has 0 aromatic carbocycles. The molecule has 1 amide bonds. The van der Waals surface area contributed by atoms with Crippen LogP contribution in [0.4, 0.5) is 0 Å². The first-order valence-corrected chi connectivity index (χ1v) is 4.79. The maximum atomic E-state index is 11.8. The van der Waals surface area contributed by atoms with Crippen LogP contribution in [0.2, 0.25) is 0 Å². The summed E-state index contributed by atoms with van der Waals surface area (Å²) in [6.07, 6.45) is -0.265. The van der Waals surface area contributed by atoms with Crippen molar-refractivity contribution in [1.29, 1.82) is 0 Å². The first-order chi connectivity index (χ1) is 7.09. The summed E-state index contributed by atoms with van der Waals surface area (Å²) in [6, 6.07) is 1.70. The summed E-state index contributed by atoms with van der Waals surface area (Å²) >= 11 is 0. The molecule has 5 heteroatoms. The summed E-state index contributed by atoms with van der Waals surface area (Å²) in [6.45, 7) is 2.08. The van der Waals surface area contributed by atoms with Gasteiger partial charge in [0.15, 0.2) is 5.76 Å². The standard InChI is InChI=1S/C10H13NO4/c1-6-2-3-15-9(6)10(14)11-4-7(12)8(13)5-11/h2-3,7-8,12-13H,4-5H2,1H3. The zero-order valence-corrected chi connectivity index (χ0v) is 8.38. The third-order valence-corrected chi connectivity index (χ3v) is 2.60. The van der Waals surface area contributed by atoms with Gasteiger partial charge in [0.2, 0.25) is 0 Å². The molecule has 0 saturated carbocycles. The van der Waals surface area contributed by atoms with Crippen molar-refractivity contribution in [1.82, 2.24) is 4.90 Å². The van der Waals surface area contributed by atoms with Crippen LogP contribution in [0.1, 0.15) is 16.1 Å². The molecule has 1 aromatic heterocycles. The van der Waals surface area contributed by atoms with Crippen LogP contribution in [-0.4, -0.2) is 46.3 Å². The molecule has 0 radical (unpaired) electrons. The highest BCUT2D eigenvalue weighted by Crippen LogP contribution is 2.17. The van der Waals surface area contributed by atoms with Crippen LogP contribution in [0.25, 0.3) is 0 Å². The molecule has 1 aliphatic heterocycles. The molecule has 2 unspecified atom stereocenters. The van der Waals surface area contributed by atoms with Crippen molar-refractivity contribution in [3.05, 3.63) is 23.7 Å². The summed E-state index contributed by atoms with van der Waals surface area (Å²) in [5.74, 6) is -0.00981. The Morgan fingerprint density at radius 3 is 2.53 bits per heavy atom. The molecule has 1 aromatic rings. The van der Waals surface area contributed by atoms with Gasteiger partial charge in [0, 0.05) is 18.7 Å². The van der Waals surface area contributed by atoms with E-state index in [1.807, 2.05) is 0 Å². The van der Waals surface area contributed by atoms with Crippen molar-refractivity contribution in [3.8, 4) is 0 Å². The molecule has 1 fully saturated rings. The van der Waals surface area contributed by atoms with Crippen LogP contribution in [0.15, 0.2) is 16.7 Å². The Balaban J connectivity index is 2.13. The second-order valence-electron chi connectivity index (χ2n) is 3.78. The van der Waals surface area contributed by atoms with E-state index in [1.165, 1.54) is 11.2 Å². The number of hydrogen-bond acceptors (Lipinski definition) is 4. The number of aliphatic hydroxyl groups excluding tert-OH is 2. The molecule has 2 rings (SSSR count). The van der Waals surface area contributed by atoms with Crippen LogP contribution < -0.4 is 0 Å². The molecule has 2 heterocycles. The molecule has 0 spiro atoms. The number of β-amino-alcohol motifs (C(OH)–C–C–N with tert-alkyl or cyclic N) is 2. The molecule has 0 bridgehead atoms. The van der Waals surface area contributed by atoms with E-state index in [1.54, 1.807) is 13.0 Å². The van der Waals surface area contributed by atoms with Crippen molar-refractivity contribution < 1.29 is 19.4 Å². The van der Waals surface area contributed by atoms with Crippen molar-refractivity contribution >= 4 is 5.91 Å². The topological polar surface area (TPSA) is 73.9 Å². The molecular weight excluding hydrogens is 198 g/mol. The summed E-state index contributed by atoms with van der Waals surface area (Å²) in [5.41, 5.74) is 0.760. The predicted molar refractivity (Wildman–Crippen MR) is 51.4 cm³/mol. The molecule has 82 valence electrons. The summed E-state index contributed by atoms with van der Waals surface area (Å²) < 4.78 is 5.05. The minimum absolute atomic E-state index is 0.153. The van der Waals surface area contributed by atoms with Crippen molar-refractivity contribution in [2.24, 2.45) is 0 Å². The van der Waals surface area contributed by atoms with E-state index < -0.39 is 12.2 Å². The van der Waals surface area contributed by atoms with Crippen LogP contribution >= 0.6 is 0 Å². The highest BCUT2D eigenvalue weighted by Gasteiger charge is 2.34. The lowest BCUT2D eigenvalue weighted by molar-refractivity contribution is 0.0572. The third-order valence-electron chi connectivity index (χ3n) is 2.60. The first-order valence-electron chi connectivity index (χ1n) is 4.79. The minimum atomic E-state index is -0.857. The van der Waals surface area contributed by atoms with E-state index in [0.717, 1.165) is 5.56 Å². The average Bonchev–Trinajstić information content (AvgIpc) is 2.74. The van der Waals surface area contributed by atoms with Gasteiger partial charge in [-0.3, -0.25) is 4.79 Å². The minimum Gasteiger partial charge on any atom is -0.459 e. The number of hydrogen-bond donors (Lipinski definition) is 2. The molecule has 1 saturated heterocycles. The normalized spacial score (nSPS) is 25.9. The molecule has 2 atom stereocenters. The van der Waals surface area contributed by atoms with Crippen LogP contribution in [-0.2, 0) is 0 Å². The lowest BCUT2D eigenvalue weighted by atomic mass is 10.2. The lowest BCUT2D eigenvalue weighted by Crippen LogP contribution is -2.29. The monoisotopic (exact) mass is 211 g/mol. The fraction of sp³-hybridized carbons (Fsp3) is 0.500. The van der Waals surface area contributed by atoms with Gasteiger partial charge < -0.3 is 19.5 Å². The number of likely N-dealkylation sites (tertiary alicyclic amines) is 1. The molecule has 5 nitrogen and oxygen atoms in total. The van der Waals surface area contributed by atoms with Crippen molar-refractivity contribution in [2.75, 3.05) is 13.1 Å². The molecule has 15 heavy (non-hydrogen) atoms. The summed E-state index contributed by atoms with van der Waals surface area (Å²) in [4.78, 5) is 13.2. The zero-order chi connectivity index (χ0) is 11.0. The number of carbonyl (C=O) groups is 1. The van der Waals surface area contributed by atoms with E-state index in [9.17, 15) is 15.0 Å². The first kappa shape index (κ1) is 10.2. The van der Waals surface area contributed by atoms with E-state index in [0.29, 0.717) is 0 Å². The predicted octanol–water partition coefficient (Wildman–Crippen LogP) is -0.234. The third kappa shape index (κ3) is 1.75. The quantitative estimate of drug-likeness (QED) is 0.672. The number of rotatable bonds is 1. The second kappa shape index (κ2) is 3.67. The van der Waals surface area contributed by atoms with Crippen LogP contribution in [0.5, 0.6) is 0 Å². The lowest BCUT2D eigenvalue weighted by Gasteiger charge is -2.13. The SMILES string of the molecule is Cc1ccoc1C(=O)N1CC(O)C(O)C1. The van der Waals surface area contributed by atoms with Gasteiger partial charge in [0.25, 0.3) is 5.91 Å². The highest BCUT2D eigenvalue weighted by atomic mass is 16.3. The maximum absolute atomic E-state index is 11.8. The maximum Gasteiger partial charge on any atom is 0.290 e. The highest BCUT2D eigenvalue weighted by molar-refractivity contribution is 5.93. The Bertz CT molecular complexity index is 363. The molecule has 1 aliphatic rings. The average molecular weight is 211 g/mol. The van der Waals surface area contributed by atoms with Crippen molar-refractivity contribution in [3.63, 3.8) is 0 Å². The van der Waals surface area contributed by atoms with Gasteiger partial charge in [-0.15, -0.1) is 0 Å². The van der Waals surface area contributed by atoms with Gasteiger partial charge in [0.1, 0.15) is 0 Å². The van der Waals surface area contributed by atoms with Gasteiger partial charge in [-0.25, -0.2) is 0 Å². The van der Waals surface area contributed by atoms with E-state index >= 15 is 0 Å². The molecular formula is C10H13NO4. The summed E-state index contributed by atoms with van der Waals surface area (Å²) in [7, 11) is 0. The van der Waals surface area contributed by atoms with Gasteiger partial charge in [-0.05, 0) is 13.0 Å². The number of nitrogens with zero attached hydrogens (tertiary/aromatic N) is 1. The van der Waals surface area contributed by atoms with Gasteiger partial charge >= 0.3 is 0 Å². The second-order valence-corrected chi connectivity index (χ2v) is 3.78. The van der Waals surface area contributed by atoms with Gasteiger partial charge in [-0.2, -0.15) is 0 Å². The van der Waals surface area contributed by atoms with E-state index in [4.69, 9.17) is 4.42 Å². The van der Waals surface area contributed by atoms with Crippen LogP contribution in [0, 0.1) is 6.92 Å². The Morgan fingerprint density at radius 1 is 1.47 bits per heavy atom. The van der Waals surface area contributed by atoms with Gasteiger partial charge in [0.05, 0.1) is 18.5 Å². The fourth-order valence-electron chi connectivity index (χ4n) is 1.67. The number of amides is 1. The van der Waals surface area contributed by atoms with E-state index in [-0.39, 0.29) is 24.8 Å². The Morgan fingerprint density at radius 2 is 2.07 bits per heavy atom. The molecule has 2 N–H and O–H groups in total. The Hall–Kier alpha value is -1.33. The van der Waals surface area contributed by atoms with Gasteiger partial charge in [-0.1, -0.05) is 0 Å². The number of carbonyl (C=O) groups excluding carboxylic acids is 1. The number of furan rings is 1. The smallest absolute Gasteiger partial charge is 0.290 e. The number of aliphatic hydroxyl groups is 2. The number of aryl methyl sites for hydroxylation is 1. The Labute approximate surface area is 86.9 Å². The van der Waals surface area contributed by atoms with E-state index in [2.05, 4.69) is 0 Å².